The quantitative estimate of drug-likeness (QED) is 0.730. The van der Waals surface area contributed by atoms with E-state index in [4.69, 9.17) is 8.83 Å². The van der Waals surface area contributed by atoms with E-state index in [-0.39, 0.29) is 18.4 Å². The number of amides is 1. The molecule has 1 aromatic carbocycles. The maximum Gasteiger partial charge on any atom is 0.340 e. The molecule has 0 fully saturated rings. The molecule has 1 N–H and O–H groups in total. The van der Waals surface area contributed by atoms with E-state index in [9.17, 15) is 9.59 Å². The summed E-state index contributed by atoms with van der Waals surface area (Å²) in [7, 11) is 0. The summed E-state index contributed by atoms with van der Waals surface area (Å²) >= 11 is 0. The molecule has 2 heterocycles. The molecule has 0 unspecified atom stereocenters. The summed E-state index contributed by atoms with van der Waals surface area (Å²) in [4.78, 5) is 24.6. The van der Waals surface area contributed by atoms with Crippen LogP contribution in [0.3, 0.4) is 0 Å². The van der Waals surface area contributed by atoms with Crippen LogP contribution in [0.2, 0.25) is 0 Å². The zero-order valence-corrected chi connectivity index (χ0v) is 15.3. The first-order valence-electron chi connectivity index (χ1n) is 8.56. The van der Waals surface area contributed by atoms with E-state index >= 15 is 0 Å². The molecule has 3 rings (SSSR count). The number of hydrogen-bond acceptors (Lipinski definition) is 4. The van der Waals surface area contributed by atoms with Gasteiger partial charge in [0.15, 0.2) is 0 Å². The first kappa shape index (κ1) is 17.3. The molecule has 5 nitrogen and oxygen atoms in total. The van der Waals surface area contributed by atoms with E-state index in [1.165, 1.54) is 0 Å². The summed E-state index contributed by atoms with van der Waals surface area (Å²) in [5.74, 6) is -0.178. The van der Waals surface area contributed by atoms with Crippen molar-refractivity contribution in [3.05, 3.63) is 45.0 Å². The van der Waals surface area contributed by atoms with Gasteiger partial charge in [0.05, 0.1) is 23.6 Å². The molecule has 0 saturated carbocycles. The fourth-order valence-corrected chi connectivity index (χ4v) is 3.27. The van der Waals surface area contributed by atoms with Crippen LogP contribution < -0.4 is 10.9 Å². The van der Waals surface area contributed by atoms with Crippen molar-refractivity contribution in [1.29, 1.82) is 0 Å². The molecule has 0 radical (unpaired) electrons. The van der Waals surface area contributed by atoms with Crippen LogP contribution in [0.25, 0.3) is 21.9 Å². The Bertz CT molecular complexity index is 1030. The second-order valence-electron chi connectivity index (χ2n) is 6.74. The van der Waals surface area contributed by atoms with Gasteiger partial charge in [0, 0.05) is 11.4 Å². The molecule has 0 aliphatic rings. The van der Waals surface area contributed by atoms with Crippen molar-refractivity contribution in [2.75, 3.05) is 0 Å². The zero-order valence-electron chi connectivity index (χ0n) is 15.3. The van der Waals surface area contributed by atoms with Crippen LogP contribution in [0.4, 0.5) is 0 Å². The summed E-state index contributed by atoms with van der Waals surface area (Å²) in [6, 6.07) is 1.93. The van der Waals surface area contributed by atoms with E-state index in [2.05, 4.69) is 5.32 Å². The number of carbonyl (C=O) groups excluding carboxylic acids is 1. The van der Waals surface area contributed by atoms with Gasteiger partial charge >= 0.3 is 5.63 Å². The smallest absolute Gasteiger partial charge is 0.340 e. The molecule has 0 aliphatic heterocycles. The second kappa shape index (κ2) is 6.39. The third-order valence-corrected chi connectivity index (χ3v) is 4.82. The SMILES string of the molecule is CC[C@@H](C)NC(=O)Cc1c(C)c2c(cc(C)c3c(C)coc32)oc1=O. The monoisotopic (exact) mass is 341 g/mol. The van der Waals surface area contributed by atoms with E-state index in [0.29, 0.717) is 16.7 Å². The van der Waals surface area contributed by atoms with Crippen LogP contribution in [0, 0.1) is 20.8 Å². The molecule has 0 spiro atoms. The average molecular weight is 341 g/mol. The molecule has 25 heavy (non-hydrogen) atoms. The number of carbonyl (C=O) groups is 1. The first-order valence-corrected chi connectivity index (χ1v) is 8.56. The Morgan fingerprint density at radius 2 is 1.92 bits per heavy atom. The standard InChI is InChI=1S/C20H23NO4/c1-6-12(4)21-16(22)8-14-13(5)18-15(25-20(14)23)7-10(2)17-11(3)9-24-19(17)18/h7,9,12H,6,8H2,1-5H3,(H,21,22)/t12-/m1/s1. The number of benzene rings is 1. The van der Waals surface area contributed by atoms with Gasteiger partial charge in [0.1, 0.15) is 11.2 Å². The predicted octanol–water partition coefficient (Wildman–Crippen LogP) is 3.92. The predicted molar refractivity (Wildman–Crippen MR) is 98.1 cm³/mol. The van der Waals surface area contributed by atoms with Crippen molar-refractivity contribution in [3.8, 4) is 0 Å². The van der Waals surface area contributed by atoms with Gasteiger partial charge in [0.2, 0.25) is 5.91 Å². The van der Waals surface area contributed by atoms with Crippen LogP contribution in [0.1, 0.15) is 42.5 Å². The van der Waals surface area contributed by atoms with Gasteiger partial charge in [-0.25, -0.2) is 4.79 Å². The Labute approximate surface area is 146 Å². The van der Waals surface area contributed by atoms with Crippen molar-refractivity contribution in [2.45, 2.75) is 53.5 Å². The van der Waals surface area contributed by atoms with Crippen molar-refractivity contribution < 1.29 is 13.6 Å². The molecule has 0 saturated heterocycles. The third kappa shape index (κ3) is 2.95. The molecule has 5 heteroatoms. The lowest BCUT2D eigenvalue weighted by Gasteiger charge is -2.13. The van der Waals surface area contributed by atoms with Crippen LogP contribution in [-0.2, 0) is 11.2 Å². The number of fused-ring (bicyclic) bond motifs is 3. The fraction of sp³-hybridized carbons (Fsp3) is 0.400. The van der Waals surface area contributed by atoms with Gasteiger partial charge in [-0.2, -0.15) is 0 Å². The van der Waals surface area contributed by atoms with E-state index in [1.54, 1.807) is 6.26 Å². The number of hydrogen-bond donors (Lipinski definition) is 1. The minimum Gasteiger partial charge on any atom is -0.463 e. The summed E-state index contributed by atoms with van der Waals surface area (Å²) in [5.41, 5.74) is 3.89. The lowest BCUT2D eigenvalue weighted by atomic mass is 9.98. The normalized spacial score (nSPS) is 12.7. The molecular weight excluding hydrogens is 318 g/mol. The van der Waals surface area contributed by atoms with Crippen molar-refractivity contribution in [3.63, 3.8) is 0 Å². The molecule has 3 aromatic rings. The maximum absolute atomic E-state index is 12.4. The molecule has 0 aliphatic carbocycles. The van der Waals surface area contributed by atoms with Crippen molar-refractivity contribution >= 4 is 27.8 Å². The lowest BCUT2D eigenvalue weighted by molar-refractivity contribution is -0.121. The molecule has 0 bridgehead atoms. The van der Waals surface area contributed by atoms with Gasteiger partial charge in [-0.3, -0.25) is 4.79 Å². The highest BCUT2D eigenvalue weighted by atomic mass is 16.4. The number of aryl methyl sites for hydroxylation is 3. The van der Waals surface area contributed by atoms with Gasteiger partial charge in [-0.1, -0.05) is 6.92 Å². The Hall–Kier alpha value is -2.56. The molecular formula is C20H23NO4. The zero-order chi connectivity index (χ0) is 18.3. The second-order valence-corrected chi connectivity index (χ2v) is 6.74. The van der Waals surface area contributed by atoms with Crippen LogP contribution in [-0.4, -0.2) is 11.9 Å². The van der Waals surface area contributed by atoms with Gasteiger partial charge in [0.25, 0.3) is 0 Å². The van der Waals surface area contributed by atoms with Crippen molar-refractivity contribution in [2.24, 2.45) is 0 Å². The summed E-state index contributed by atoms with van der Waals surface area (Å²) in [5, 5.41) is 4.68. The van der Waals surface area contributed by atoms with Gasteiger partial charge < -0.3 is 14.2 Å². The highest BCUT2D eigenvalue weighted by Gasteiger charge is 2.20. The Morgan fingerprint density at radius 1 is 1.20 bits per heavy atom. The molecule has 1 amide bonds. The summed E-state index contributed by atoms with van der Waals surface area (Å²) in [6.07, 6.45) is 2.54. The summed E-state index contributed by atoms with van der Waals surface area (Å²) < 4.78 is 11.3. The molecule has 2 aromatic heterocycles. The lowest BCUT2D eigenvalue weighted by Crippen LogP contribution is -2.34. The molecule has 132 valence electrons. The van der Waals surface area contributed by atoms with Crippen LogP contribution >= 0.6 is 0 Å². The van der Waals surface area contributed by atoms with Gasteiger partial charge in [-0.15, -0.1) is 0 Å². The number of furan rings is 1. The first-order chi connectivity index (χ1) is 11.8. The van der Waals surface area contributed by atoms with Crippen LogP contribution in [0.15, 0.2) is 26.0 Å². The fourth-order valence-electron chi connectivity index (χ4n) is 3.27. The van der Waals surface area contributed by atoms with Gasteiger partial charge in [-0.05, 0) is 56.9 Å². The topological polar surface area (TPSA) is 72.5 Å². The highest BCUT2D eigenvalue weighted by Crippen LogP contribution is 2.34. The average Bonchev–Trinajstić information content (AvgIpc) is 2.93. The van der Waals surface area contributed by atoms with Crippen molar-refractivity contribution in [1.82, 2.24) is 5.32 Å². The Kier molecular flexibility index (Phi) is 4.41. The molecule has 1 atom stereocenters. The largest absolute Gasteiger partial charge is 0.463 e. The number of rotatable bonds is 4. The summed E-state index contributed by atoms with van der Waals surface area (Å²) in [6.45, 7) is 9.73. The minimum absolute atomic E-state index is 0.00348. The Morgan fingerprint density at radius 3 is 2.60 bits per heavy atom. The van der Waals surface area contributed by atoms with E-state index < -0.39 is 5.63 Å². The highest BCUT2D eigenvalue weighted by molar-refractivity contribution is 6.07. The minimum atomic E-state index is -0.466. The van der Waals surface area contributed by atoms with Crippen LogP contribution in [0.5, 0.6) is 0 Å². The maximum atomic E-state index is 12.4. The van der Waals surface area contributed by atoms with E-state index in [1.807, 2.05) is 40.7 Å². The number of nitrogens with one attached hydrogen (secondary N) is 1. The third-order valence-electron chi connectivity index (χ3n) is 4.82. The van der Waals surface area contributed by atoms with E-state index in [0.717, 1.165) is 33.9 Å². The Balaban J connectivity index is 2.18.